The van der Waals surface area contributed by atoms with Crippen LogP contribution in [0.1, 0.15) is 27.7 Å². The quantitative estimate of drug-likeness (QED) is 0.612. The molecule has 1 atom stereocenters. The second kappa shape index (κ2) is 6.65. The summed E-state index contributed by atoms with van der Waals surface area (Å²) < 4.78 is 23.9. The predicted molar refractivity (Wildman–Crippen MR) is 75.1 cm³/mol. The molecule has 8 heteroatoms. The van der Waals surface area contributed by atoms with Crippen molar-refractivity contribution in [2.75, 3.05) is 13.3 Å². The number of rotatable bonds is 4. The van der Waals surface area contributed by atoms with Crippen molar-refractivity contribution in [2.24, 2.45) is 15.9 Å². The van der Waals surface area contributed by atoms with E-state index < -0.39 is 22.0 Å². The second-order valence-corrected chi connectivity index (χ2v) is 6.60. The van der Waals surface area contributed by atoms with Crippen molar-refractivity contribution >= 4 is 27.7 Å². The van der Waals surface area contributed by atoms with Crippen LogP contribution in [0.4, 0.5) is 0 Å². The topological polar surface area (TPSA) is 99.4 Å². The number of hydrogen-bond acceptors (Lipinski definition) is 4. The largest absolute Gasteiger partial charge is 0.480 e. The highest BCUT2D eigenvalue weighted by molar-refractivity contribution is 7.88. The predicted octanol–water partition coefficient (Wildman–Crippen LogP) is 0.824. The molecular formula is C11H21N3O4S. The lowest BCUT2D eigenvalue weighted by atomic mass is 10.1. The molecule has 0 saturated heterocycles. The number of nitrogens with zero attached hydrogens (tertiary/aromatic N) is 3. The van der Waals surface area contributed by atoms with Crippen LogP contribution >= 0.6 is 0 Å². The van der Waals surface area contributed by atoms with Crippen molar-refractivity contribution in [2.45, 2.75) is 33.7 Å². The molecule has 0 aromatic heterocycles. The maximum atomic E-state index is 11.5. The average molecular weight is 291 g/mol. The van der Waals surface area contributed by atoms with Crippen LogP contribution in [0.5, 0.6) is 0 Å². The van der Waals surface area contributed by atoms with Gasteiger partial charge in [-0.05, 0) is 19.8 Å². The van der Waals surface area contributed by atoms with Crippen LogP contribution in [-0.4, -0.2) is 54.8 Å². The third-order valence-electron chi connectivity index (χ3n) is 2.56. The molecule has 0 aliphatic carbocycles. The summed E-state index contributed by atoms with van der Waals surface area (Å²) >= 11 is 0. The Kier molecular flexibility index (Phi) is 6.14. The monoisotopic (exact) mass is 291 g/mol. The van der Waals surface area contributed by atoms with Crippen molar-refractivity contribution in [3.8, 4) is 0 Å². The summed E-state index contributed by atoms with van der Waals surface area (Å²) in [5.41, 5.74) is 0.673. The number of hydrogen-bond donors (Lipinski definition) is 1. The summed E-state index contributed by atoms with van der Waals surface area (Å²) in [7, 11) is -2.25. The first-order valence-corrected chi connectivity index (χ1v) is 7.61. The summed E-state index contributed by atoms with van der Waals surface area (Å²) in [5.74, 6) is -1.15. The van der Waals surface area contributed by atoms with E-state index in [9.17, 15) is 13.2 Å². The summed E-state index contributed by atoms with van der Waals surface area (Å²) in [6.45, 7) is 6.90. The Morgan fingerprint density at radius 1 is 1.26 bits per heavy atom. The number of aliphatic carboxylic acids is 1. The Balaban J connectivity index is 5.65. The fourth-order valence-corrected chi connectivity index (χ4v) is 1.23. The SMILES string of the molecule is C/C(=N\C(=N/C(C)C(=O)O)N(C)S(C)(=O)=O)C(C)C. The van der Waals surface area contributed by atoms with Gasteiger partial charge in [0.2, 0.25) is 16.0 Å². The van der Waals surface area contributed by atoms with E-state index in [4.69, 9.17) is 5.11 Å². The van der Waals surface area contributed by atoms with E-state index in [0.29, 0.717) is 5.71 Å². The first-order valence-electron chi connectivity index (χ1n) is 5.76. The van der Waals surface area contributed by atoms with E-state index >= 15 is 0 Å². The van der Waals surface area contributed by atoms with Crippen LogP contribution in [-0.2, 0) is 14.8 Å². The highest BCUT2D eigenvalue weighted by Crippen LogP contribution is 2.05. The van der Waals surface area contributed by atoms with Gasteiger partial charge in [0.25, 0.3) is 0 Å². The van der Waals surface area contributed by atoms with Crippen molar-refractivity contribution in [3.05, 3.63) is 0 Å². The van der Waals surface area contributed by atoms with E-state index in [0.717, 1.165) is 10.6 Å². The van der Waals surface area contributed by atoms with E-state index in [-0.39, 0.29) is 11.9 Å². The summed E-state index contributed by atoms with van der Waals surface area (Å²) in [6.07, 6.45) is 1.01. The molecule has 0 heterocycles. The number of carboxylic acids is 1. The van der Waals surface area contributed by atoms with E-state index in [1.807, 2.05) is 13.8 Å². The van der Waals surface area contributed by atoms with Crippen LogP contribution in [0, 0.1) is 5.92 Å². The van der Waals surface area contributed by atoms with E-state index in [1.165, 1.54) is 14.0 Å². The molecule has 0 amide bonds. The number of sulfonamides is 1. The van der Waals surface area contributed by atoms with Crippen molar-refractivity contribution < 1.29 is 18.3 Å². The minimum Gasteiger partial charge on any atom is -0.480 e. The fourth-order valence-electron chi connectivity index (χ4n) is 0.844. The Labute approximate surface area is 114 Å². The average Bonchev–Trinajstić information content (AvgIpc) is 2.25. The molecule has 0 aliphatic rings. The Morgan fingerprint density at radius 2 is 1.74 bits per heavy atom. The van der Waals surface area contributed by atoms with Gasteiger partial charge >= 0.3 is 5.97 Å². The third kappa shape index (κ3) is 5.82. The normalized spacial score (nSPS) is 15.5. The third-order valence-corrected chi connectivity index (χ3v) is 3.72. The molecule has 0 rings (SSSR count). The zero-order valence-electron chi connectivity index (χ0n) is 12.1. The zero-order valence-corrected chi connectivity index (χ0v) is 12.9. The highest BCUT2D eigenvalue weighted by atomic mass is 32.2. The smallest absolute Gasteiger partial charge is 0.328 e. The van der Waals surface area contributed by atoms with E-state index in [2.05, 4.69) is 9.98 Å². The second-order valence-electron chi connectivity index (χ2n) is 4.58. The molecule has 0 aromatic rings. The van der Waals surface area contributed by atoms with Crippen LogP contribution in [0.15, 0.2) is 9.98 Å². The summed E-state index contributed by atoms with van der Waals surface area (Å²) in [5, 5.41) is 8.84. The number of carboxylic acid groups (broad SMARTS) is 1. The molecule has 0 aromatic carbocycles. The Morgan fingerprint density at radius 3 is 2.05 bits per heavy atom. The van der Waals surface area contributed by atoms with Gasteiger partial charge in [0, 0.05) is 12.8 Å². The Hall–Kier alpha value is -1.44. The van der Waals surface area contributed by atoms with Crippen molar-refractivity contribution in [1.82, 2.24) is 4.31 Å². The highest BCUT2D eigenvalue weighted by Gasteiger charge is 2.19. The van der Waals surface area contributed by atoms with Crippen molar-refractivity contribution in [1.29, 1.82) is 0 Å². The Bertz CT molecular complexity index is 494. The van der Waals surface area contributed by atoms with Gasteiger partial charge in [-0.15, -0.1) is 0 Å². The standard InChI is InChI=1S/C11H21N3O4S/c1-7(2)8(3)12-11(13-9(4)10(15)16)14(5)19(6,17)18/h7,9H,1-6H3,(H,15,16)/b12-8+,13-11+. The molecule has 0 saturated carbocycles. The lowest BCUT2D eigenvalue weighted by molar-refractivity contribution is -0.138. The molecule has 110 valence electrons. The molecule has 1 N–H and O–H groups in total. The first-order chi connectivity index (χ1) is 8.46. The van der Waals surface area contributed by atoms with Crippen LogP contribution in [0.25, 0.3) is 0 Å². The molecule has 1 unspecified atom stereocenters. The fraction of sp³-hybridized carbons (Fsp3) is 0.727. The maximum absolute atomic E-state index is 11.5. The first kappa shape index (κ1) is 17.6. The van der Waals surface area contributed by atoms with Gasteiger partial charge in [0.05, 0.1) is 6.26 Å². The van der Waals surface area contributed by atoms with Gasteiger partial charge in [0.1, 0.15) is 6.04 Å². The molecule has 19 heavy (non-hydrogen) atoms. The zero-order chi connectivity index (χ0) is 15.4. The summed E-state index contributed by atoms with van der Waals surface area (Å²) in [4.78, 5) is 18.8. The molecular weight excluding hydrogens is 270 g/mol. The lowest BCUT2D eigenvalue weighted by Crippen LogP contribution is -2.33. The minimum absolute atomic E-state index is 0.110. The van der Waals surface area contributed by atoms with Gasteiger partial charge in [-0.2, -0.15) is 0 Å². The van der Waals surface area contributed by atoms with Crippen LogP contribution in [0.2, 0.25) is 0 Å². The maximum Gasteiger partial charge on any atom is 0.328 e. The van der Waals surface area contributed by atoms with Gasteiger partial charge in [-0.1, -0.05) is 13.8 Å². The molecule has 7 nitrogen and oxygen atoms in total. The molecule has 0 radical (unpaired) electrons. The van der Waals surface area contributed by atoms with Gasteiger partial charge in [0.15, 0.2) is 0 Å². The molecule has 0 bridgehead atoms. The molecule has 0 fully saturated rings. The number of aliphatic imine (C=N–C) groups is 2. The number of carbonyl (C=O) groups is 1. The molecule has 0 spiro atoms. The summed E-state index contributed by atoms with van der Waals surface area (Å²) in [6, 6.07) is -1.07. The van der Waals surface area contributed by atoms with Crippen LogP contribution < -0.4 is 0 Å². The lowest BCUT2D eigenvalue weighted by Gasteiger charge is -2.17. The van der Waals surface area contributed by atoms with Crippen molar-refractivity contribution in [3.63, 3.8) is 0 Å². The molecule has 0 aliphatic heterocycles. The van der Waals surface area contributed by atoms with Gasteiger partial charge < -0.3 is 5.11 Å². The minimum atomic E-state index is -3.54. The van der Waals surface area contributed by atoms with Crippen LogP contribution in [0.3, 0.4) is 0 Å². The van der Waals surface area contributed by atoms with Gasteiger partial charge in [-0.3, -0.25) is 0 Å². The number of guanidine groups is 1. The van der Waals surface area contributed by atoms with Gasteiger partial charge in [-0.25, -0.2) is 27.5 Å². The van der Waals surface area contributed by atoms with E-state index in [1.54, 1.807) is 6.92 Å².